The SMILES string of the molecule is C#CCNCC(=O)N1CCC[C@H](C(=O)O)C1. The molecule has 1 heterocycles. The molecule has 1 fully saturated rings. The van der Waals surface area contributed by atoms with Crippen LogP contribution in [0.1, 0.15) is 12.8 Å². The summed E-state index contributed by atoms with van der Waals surface area (Å²) in [4.78, 5) is 24.0. The number of carbonyl (C=O) groups excluding carboxylic acids is 1. The minimum atomic E-state index is -0.825. The fourth-order valence-corrected chi connectivity index (χ4v) is 1.76. The Morgan fingerprint density at radius 3 is 2.94 bits per heavy atom. The van der Waals surface area contributed by atoms with Gasteiger partial charge in [-0.3, -0.25) is 14.9 Å². The maximum absolute atomic E-state index is 11.6. The summed E-state index contributed by atoms with van der Waals surface area (Å²) in [5.41, 5.74) is 0. The van der Waals surface area contributed by atoms with Crippen LogP contribution in [0.3, 0.4) is 0 Å². The molecular formula is C11H16N2O3. The number of rotatable bonds is 4. The van der Waals surface area contributed by atoms with Crippen molar-refractivity contribution in [2.75, 3.05) is 26.2 Å². The van der Waals surface area contributed by atoms with Crippen LogP contribution in [0, 0.1) is 18.3 Å². The van der Waals surface area contributed by atoms with E-state index in [9.17, 15) is 9.59 Å². The second-order valence-corrected chi connectivity index (χ2v) is 3.82. The number of nitrogens with one attached hydrogen (secondary N) is 1. The van der Waals surface area contributed by atoms with E-state index < -0.39 is 11.9 Å². The van der Waals surface area contributed by atoms with Gasteiger partial charge in [0.1, 0.15) is 0 Å². The average Bonchev–Trinajstić information content (AvgIpc) is 2.29. The van der Waals surface area contributed by atoms with Gasteiger partial charge in [-0.1, -0.05) is 5.92 Å². The minimum Gasteiger partial charge on any atom is -0.481 e. The van der Waals surface area contributed by atoms with Crippen LogP contribution in [0.4, 0.5) is 0 Å². The lowest BCUT2D eigenvalue weighted by atomic mass is 9.98. The third-order valence-corrected chi connectivity index (χ3v) is 2.63. The van der Waals surface area contributed by atoms with E-state index in [2.05, 4.69) is 11.2 Å². The largest absolute Gasteiger partial charge is 0.481 e. The van der Waals surface area contributed by atoms with Crippen molar-refractivity contribution in [2.24, 2.45) is 5.92 Å². The number of hydrogen-bond acceptors (Lipinski definition) is 3. The van der Waals surface area contributed by atoms with Crippen LogP contribution in [-0.4, -0.2) is 48.1 Å². The maximum Gasteiger partial charge on any atom is 0.308 e. The Bertz CT molecular complexity index is 309. The zero-order valence-electron chi connectivity index (χ0n) is 9.11. The molecule has 1 aliphatic heterocycles. The van der Waals surface area contributed by atoms with E-state index in [4.69, 9.17) is 11.5 Å². The predicted molar refractivity (Wildman–Crippen MR) is 58.6 cm³/mol. The molecule has 0 aliphatic carbocycles. The second-order valence-electron chi connectivity index (χ2n) is 3.82. The molecule has 0 aromatic carbocycles. The van der Waals surface area contributed by atoms with E-state index >= 15 is 0 Å². The lowest BCUT2D eigenvalue weighted by Crippen LogP contribution is -2.45. The molecule has 88 valence electrons. The zero-order chi connectivity index (χ0) is 12.0. The summed E-state index contributed by atoms with van der Waals surface area (Å²) in [5, 5.41) is 11.7. The highest BCUT2D eigenvalue weighted by Gasteiger charge is 2.27. The van der Waals surface area contributed by atoms with Crippen LogP contribution in [-0.2, 0) is 9.59 Å². The zero-order valence-corrected chi connectivity index (χ0v) is 9.11. The van der Waals surface area contributed by atoms with E-state index in [1.165, 1.54) is 0 Å². The number of likely N-dealkylation sites (tertiary alicyclic amines) is 1. The number of hydrogen-bond donors (Lipinski definition) is 2. The number of carboxylic acids is 1. The smallest absolute Gasteiger partial charge is 0.308 e. The van der Waals surface area contributed by atoms with Gasteiger partial charge in [0, 0.05) is 13.1 Å². The molecule has 1 saturated heterocycles. The summed E-state index contributed by atoms with van der Waals surface area (Å²) in [7, 11) is 0. The lowest BCUT2D eigenvalue weighted by Gasteiger charge is -2.30. The summed E-state index contributed by atoms with van der Waals surface area (Å²) in [5.74, 6) is 1.04. The van der Waals surface area contributed by atoms with E-state index in [1.807, 2.05) is 0 Å². The number of carbonyl (C=O) groups is 2. The standard InChI is InChI=1S/C11H16N2O3/c1-2-5-12-7-10(14)13-6-3-4-9(8-13)11(15)16/h1,9,12H,3-8H2,(H,15,16)/t9-/m0/s1. The van der Waals surface area contributed by atoms with E-state index in [0.717, 1.165) is 6.42 Å². The van der Waals surface area contributed by atoms with Gasteiger partial charge in [-0.05, 0) is 12.8 Å². The van der Waals surface area contributed by atoms with Crippen molar-refractivity contribution in [2.45, 2.75) is 12.8 Å². The van der Waals surface area contributed by atoms with Crippen molar-refractivity contribution in [1.29, 1.82) is 0 Å². The van der Waals surface area contributed by atoms with Crippen molar-refractivity contribution in [1.82, 2.24) is 10.2 Å². The molecule has 0 aromatic heterocycles. The molecule has 1 rings (SSSR count). The molecule has 0 unspecified atom stereocenters. The first-order valence-corrected chi connectivity index (χ1v) is 5.30. The maximum atomic E-state index is 11.6. The van der Waals surface area contributed by atoms with Gasteiger partial charge < -0.3 is 10.0 Å². The van der Waals surface area contributed by atoms with Crippen LogP contribution in [0.5, 0.6) is 0 Å². The van der Waals surface area contributed by atoms with Crippen molar-refractivity contribution in [3.63, 3.8) is 0 Å². The fraction of sp³-hybridized carbons (Fsp3) is 0.636. The highest BCUT2D eigenvalue weighted by atomic mass is 16.4. The van der Waals surface area contributed by atoms with Crippen LogP contribution >= 0.6 is 0 Å². The summed E-state index contributed by atoms with van der Waals surface area (Å²) < 4.78 is 0. The van der Waals surface area contributed by atoms with Crippen molar-refractivity contribution in [3.05, 3.63) is 0 Å². The van der Waals surface area contributed by atoms with Crippen LogP contribution in [0.25, 0.3) is 0 Å². The van der Waals surface area contributed by atoms with Crippen molar-refractivity contribution < 1.29 is 14.7 Å². The first-order valence-electron chi connectivity index (χ1n) is 5.30. The molecule has 1 aliphatic rings. The molecule has 2 N–H and O–H groups in total. The van der Waals surface area contributed by atoms with E-state index in [-0.39, 0.29) is 12.5 Å². The van der Waals surface area contributed by atoms with Crippen LogP contribution < -0.4 is 5.32 Å². The molecule has 0 aromatic rings. The number of amides is 1. The van der Waals surface area contributed by atoms with Gasteiger partial charge in [0.25, 0.3) is 0 Å². The minimum absolute atomic E-state index is 0.0822. The molecule has 16 heavy (non-hydrogen) atoms. The average molecular weight is 224 g/mol. The summed E-state index contributed by atoms with van der Waals surface area (Å²) in [6.07, 6.45) is 6.44. The Morgan fingerprint density at radius 2 is 2.31 bits per heavy atom. The molecular weight excluding hydrogens is 208 g/mol. The number of terminal acetylenes is 1. The Labute approximate surface area is 94.8 Å². The van der Waals surface area contributed by atoms with Gasteiger partial charge in [-0.15, -0.1) is 6.42 Å². The van der Waals surface area contributed by atoms with Crippen LogP contribution in [0.2, 0.25) is 0 Å². The molecule has 5 heteroatoms. The Kier molecular flexibility index (Phi) is 4.80. The van der Waals surface area contributed by atoms with E-state index in [1.54, 1.807) is 4.90 Å². The third-order valence-electron chi connectivity index (χ3n) is 2.63. The quantitative estimate of drug-likeness (QED) is 0.500. The van der Waals surface area contributed by atoms with Crippen LogP contribution in [0.15, 0.2) is 0 Å². The first-order chi connectivity index (χ1) is 7.65. The molecule has 0 spiro atoms. The summed E-state index contributed by atoms with van der Waals surface area (Å²) in [6.45, 7) is 1.48. The molecule has 0 radical (unpaired) electrons. The van der Waals surface area contributed by atoms with Gasteiger partial charge in [0.05, 0.1) is 19.0 Å². The highest BCUT2D eigenvalue weighted by Crippen LogP contribution is 2.16. The molecule has 0 saturated carbocycles. The molecule has 1 amide bonds. The number of aliphatic carboxylic acids is 1. The topological polar surface area (TPSA) is 69.6 Å². The van der Waals surface area contributed by atoms with Crippen molar-refractivity contribution in [3.8, 4) is 12.3 Å². The lowest BCUT2D eigenvalue weighted by molar-refractivity contribution is -0.145. The third kappa shape index (κ3) is 3.55. The Balaban J connectivity index is 2.38. The molecule has 0 bridgehead atoms. The van der Waals surface area contributed by atoms with Gasteiger partial charge >= 0.3 is 5.97 Å². The molecule has 1 atom stereocenters. The fourth-order valence-electron chi connectivity index (χ4n) is 1.76. The number of piperidine rings is 1. The predicted octanol–water partition coefficient (Wildman–Crippen LogP) is -0.468. The van der Waals surface area contributed by atoms with Gasteiger partial charge in [-0.25, -0.2) is 0 Å². The normalized spacial score (nSPS) is 20.2. The number of nitrogens with zero attached hydrogens (tertiary/aromatic N) is 1. The molecule has 5 nitrogen and oxygen atoms in total. The number of carboxylic acid groups (broad SMARTS) is 1. The van der Waals surface area contributed by atoms with Gasteiger partial charge in [0.15, 0.2) is 0 Å². The highest BCUT2D eigenvalue weighted by molar-refractivity contribution is 5.79. The van der Waals surface area contributed by atoms with Gasteiger partial charge in [0.2, 0.25) is 5.91 Å². The summed E-state index contributed by atoms with van der Waals surface area (Å²) >= 11 is 0. The van der Waals surface area contributed by atoms with Gasteiger partial charge in [-0.2, -0.15) is 0 Å². The second kappa shape index (κ2) is 6.13. The Morgan fingerprint density at radius 1 is 1.56 bits per heavy atom. The Hall–Kier alpha value is -1.54. The monoisotopic (exact) mass is 224 g/mol. The van der Waals surface area contributed by atoms with Crippen molar-refractivity contribution >= 4 is 11.9 Å². The first kappa shape index (κ1) is 12.5. The summed E-state index contributed by atoms with van der Waals surface area (Å²) in [6, 6.07) is 0. The van der Waals surface area contributed by atoms with E-state index in [0.29, 0.717) is 26.1 Å².